The van der Waals surface area contributed by atoms with Crippen molar-refractivity contribution >= 4 is 5.91 Å². The molecule has 0 fully saturated rings. The minimum atomic E-state index is -0.148. The largest absolute Gasteiger partial charge is 0.340 e. The Morgan fingerprint density at radius 3 is 1.92 bits per heavy atom. The molecule has 1 aromatic heterocycles. The van der Waals surface area contributed by atoms with Gasteiger partial charge in [0.25, 0.3) is 5.91 Å². The molecule has 0 saturated carbocycles. The monoisotopic (exact) mass is 345 g/mol. The summed E-state index contributed by atoms with van der Waals surface area (Å²) >= 11 is 0. The number of amides is 1. The van der Waals surface area contributed by atoms with Gasteiger partial charge < -0.3 is 5.32 Å². The molecular formula is C23H25N2O+. The molecule has 132 valence electrons. The average Bonchev–Trinajstić information content (AvgIpc) is 2.69. The van der Waals surface area contributed by atoms with E-state index in [1.54, 1.807) is 0 Å². The number of carbonyl (C=O) groups is 1. The van der Waals surface area contributed by atoms with Gasteiger partial charge in [-0.05, 0) is 23.1 Å². The summed E-state index contributed by atoms with van der Waals surface area (Å²) in [5.41, 5.74) is 3.46. The van der Waals surface area contributed by atoms with E-state index in [2.05, 4.69) is 24.4 Å². The third kappa shape index (κ3) is 4.79. The van der Waals surface area contributed by atoms with E-state index in [1.165, 1.54) is 5.56 Å². The van der Waals surface area contributed by atoms with Gasteiger partial charge in [0.15, 0.2) is 12.4 Å². The van der Waals surface area contributed by atoms with Gasteiger partial charge in [0.2, 0.25) is 6.54 Å². The van der Waals surface area contributed by atoms with Crippen molar-refractivity contribution in [1.82, 2.24) is 5.32 Å². The van der Waals surface area contributed by atoms with Crippen LogP contribution in [0, 0.1) is 0 Å². The first-order chi connectivity index (χ1) is 12.8. The third-order valence-corrected chi connectivity index (χ3v) is 4.40. The summed E-state index contributed by atoms with van der Waals surface area (Å²) in [6.45, 7) is 2.48. The highest BCUT2D eigenvalue weighted by molar-refractivity contribution is 5.75. The molecule has 26 heavy (non-hydrogen) atoms. The normalized spacial score (nSPS) is 10.7. The van der Waals surface area contributed by atoms with Crippen LogP contribution < -0.4 is 9.88 Å². The molecule has 3 heteroatoms. The maximum Gasteiger partial charge on any atom is 0.286 e. The molecular weight excluding hydrogens is 320 g/mol. The van der Waals surface area contributed by atoms with Crippen molar-refractivity contribution in [3.8, 4) is 0 Å². The summed E-state index contributed by atoms with van der Waals surface area (Å²) in [5.74, 6) is -0.00375. The number of hydrogen-bond acceptors (Lipinski definition) is 1. The van der Waals surface area contributed by atoms with Crippen molar-refractivity contribution in [2.24, 2.45) is 0 Å². The van der Waals surface area contributed by atoms with E-state index >= 15 is 0 Å². The molecule has 0 spiro atoms. The SMILES string of the molecule is CCCc1cc[n+](CC(=O)NC(c2ccccc2)c2ccccc2)cc1. The molecule has 0 aliphatic heterocycles. The first kappa shape index (κ1) is 17.9. The lowest BCUT2D eigenvalue weighted by molar-refractivity contribution is -0.684. The zero-order valence-corrected chi connectivity index (χ0v) is 15.1. The number of nitrogens with one attached hydrogen (secondary N) is 1. The molecule has 0 aliphatic rings. The van der Waals surface area contributed by atoms with Gasteiger partial charge in [0, 0.05) is 12.1 Å². The zero-order valence-electron chi connectivity index (χ0n) is 15.1. The minimum absolute atomic E-state index is 0.00375. The lowest BCUT2D eigenvalue weighted by Crippen LogP contribution is -2.43. The second kappa shape index (κ2) is 8.95. The Morgan fingerprint density at radius 2 is 1.42 bits per heavy atom. The maximum atomic E-state index is 12.6. The van der Waals surface area contributed by atoms with Crippen LogP contribution in [-0.2, 0) is 17.8 Å². The average molecular weight is 345 g/mol. The fraction of sp³-hybridized carbons (Fsp3) is 0.217. The standard InChI is InChI=1S/C23H24N2O/c1-2-9-19-14-16-25(17-15-19)18-22(26)24-23(20-10-5-3-6-11-20)21-12-7-4-8-13-21/h3-8,10-17,23H,2,9,18H2,1H3/p+1. The van der Waals surface area contributed by atoms with Crippen molar-refractivity contribution < 1.29 is 9.36 Å². The fourth-order valence-electron chi connectivity index (χ4n) is 3.07. The van der Waals surface area contributed by atoms with Crippen LogP contribution in [0.3, 0.4) is 0 Å². The summed E-state index contributed by atoms with van der Waals surface area (Å²) < 4.78 is 1.92. The van der Waals surface area contributed by atoms with Crippen molar-refractivity contribution in [3.05, 3.63) is 102 Å². The Morgan fingerprint density at radius 1 is 0.885 bits per heavy atom. The predicted octanol–water partition coefficient (Wildman–Crippen LogP) is 3.83. The maximum absolute atomic E-state index is 12.6. The molecule has 0 saturated heterocycles. The van der Waals surface area contributed by atoms with E-state index in [0.29, 0.717) is 6.54 Å². The van der Waals surface area contributed by atoms with Gasteiger partial charge in [0.05, 0.1) is 6.04 Å². The smallest absolute Gasteiger partial charge is 0.286 e. The van der Waals surface area contributed by atoms with Crippen LogP contribution in [0.5, 0.6) is 0 Å². The summed E-state index contributed by atoms with van der Waals surface area (Å²) in [4.78, 5) is 12.6. The summed E-state index contributed by atoms with van der Waals surface area (Å²) in [6.07, 6.45) is 6.15. The first-order valence-electron chi connectivity index (χ1n) is 9.13. The van der Waals surface area contributed by atoms with Gasteiger partial charge in [-0.1, -0.05) is 74.0 Å². The Balaban J connectivity index is 1.73. The molecule has 0 radical (unpaired) electrons. The second-order valence-corrected chi connectivity index (χ2v) is 6.45. The fourth-order valence-corrected chi connectivity index (χ4v) is 3.07. The predicted molar refractivity (Wildman–Crippen MR) is 104 cm³/mol. The van der Waals surface area contributed by atoms with Crippen molar-refractivity contribution in [2.75, 3.05) is 0 Å². The van der Waals surface area contributed by atoms with Crippen LogP contribution >= 0.6 is 0 Å². The van der Waals surface area contributed by atoms with E-state index in [4.69, 9.17) is 0 Å². The molecule has 1 N–H and O–H groups in total. The van der Waals surface area contributed by atoms with E-state index in [0.717, 1.165) is 24.0 Å². The Kier molecular flexibility index (Phi) is 6.15. The minimum Gasteiger partial charge on any atom is -0.340 e. The molecule has 3 nitrogen and oxygen atoms in total. The topological polar surface area (TPSA) is 33.0 Å². The van der Waals surface area contributed by atoms with Crippen molar-refractivity contribution in [2.45, 2.75) is 32.4 Å². The zero-order chi connectivity index (χ0) is 18.2. The molecule has 0 aliphatic carbocycles. The van der Waals surface area contributed by atoms with Crippen LogP contribution in [0.4, 0.5) is 0 Å². The number of carbonyl (C=O) groups excluding carboxylic acids is 1. The number of aromatic nitrogens is 1. The van der Waals surface area contributed by atoms with Crippen LogP contribution in [-0.4, -0.2) is 5.91 Å². The van der Waals surface area contributed by atoms with Gasteiger partial charge in [-0.25, -0.2) is 0 Å². The van der Waals surface area contributed by atoms with Crippen molar-refractivity contribution in [3.63, 3.8) is 0 Å². The number of nitrogens with zero attached hydrogens (tertiary/aromatic N) is 1. The highest BCUT2D eigenvalue weighted by Gasteiger charge is 2.18. The van der Waals surface area contributed by atoms with Crippen LogP contribution in [0.2, 0.25) is 0 Å². The van der Waals surface area contributed by atoms with Gasteiger partial charge in [-0.15, -0.1) is 0 Å². The molecule has 2 aromatic carbocycles. The second-order valence-electron chi connectivity index (χ2n) is 6.45. The summed E-state index contributed by atoms with van der Waals surface area (Å²) in [7, 11) is 0. The molecule has 3 aromatic rings. The van der Waals surface area contributed by atoms with Gasteiger partial charge in [-0.3, -0.25) is 4.79 Å². The quantitative estimate of drug-likeness (QED) is 0.649. The number of benzene rings is 2. The van der Waals surface area contributed by atoms with E-state index in [-0.39, 0.29) is 11.9 Å². The summed E-state index contributed by atoms with van der Waals surface area (Å²) in [6, 6.07) is 24.2. The molecule has 3 rings (SSSR count). The molecule has 1 amide bonds. The number of hydrogen-bond donors (Lipinski definition) is 1. The van der Waals surface area contributed by atoms with Crippen molar-refractivity contribution in [1.29, 1.82) is 0 Å². The first-order valence-corrected chi connectivity index (χ1v) is 9.13. The van der Waals surface area contributed by atoms with Crippen LogP contribution in [0.1, 0.15) is 36.1 Å². The Labute approximate surface area is 155 Å². The van der Waals surface area contributed by atoms with Gasteiger partial charge >= 0.3 is 0 Å². The molecule has 0 unspecified atom stereocenters. The lowest BCUT2D eigenvalue weighted by Gasteiger charge is -2.19. The van der Waals surface area contributed by atoms with E-state index in [9.17, 15) is 4.79 Å². The van der Waals surface area contributed by atoms with Crippen LogP contribution in [0.25, 0.3) is 0 Å². The van der Waals surface area contributed by atoms with E-state index in [1.807, 2.05) is 77.6 Å². The molecule has 0 atom stereocenters. The lowest BCUT2D eigenvalue weighted by atomic mass is 9.99. The number of pyridine rings is 1. The molecule has 0 bridgehead atoms. The Bertz CT molecular complexity index is 774. The van der Waals surface area contributed by atoms with Crippen LogP contribution in [0.15, 0.2) is 85.2 Å². The van der Waals surface area contributed by atoms with E-state index < -0.39 is 0 Å². The summed E-state index contributed by atoms with van der Waals surface area (Å²) in [5, 5.41) is 3.18. The number of rotatable bonds is 7. The Hall–Kier alpha value is -2.94. The highest BCUT2D eigenvalue weighted by Crippen LogP contribution is 2.21. The van der Waals surface area contributed by atoms with Gasteiger partial charge in [0.1, 0.15) is 0 Å². The number of aryl methyl sites for hydroxylation is 1. The van der Waals surface area contributed by atoms with Gasteiger partial charge in [-0.2, -0.15) is 4.57 Å². The molecule has 1 heterocycles. The highest BCUT2D eigenvalue weighted by atomic mass is 16.2. The third-order valence-electron chi connectivity index (χ3n) is 4.40.